The van der Waals surface area contributed by atoms with Crippen LogP contribution in [0.25, 0.3) is 0 Å². The zero-order chi connectivity index (χ0) is 14.3. The molecule has 4 aliphatic rings. The molecule has 5 heteroatoms. The maximum absolute atomic E-state index is 12.6. The first-order valence-electron chi connectivity index (χ1n) is 8.13. The van der Waals surface area contributed by atoms with Crippen molar-refractivity contribution in [3.8, 4) is 0 Å². The van der Waals surface area contributed by atoms with E-state index in [1.165, 1.54) is 38.5 Å². The fourth-order valence-electron chi connectivity index (χ4n) is 5.25. The Morgan fingerprint density at radius 3 is 1.95 bits per heavy atom. The van der Waals surface area contributed by atoms with Crippen molar-refractivity contribution in [2.75, 3.05) is 27.2 Å². The summed E-state index contributed by atoms with van der Waals surface area (Å²) in [6, 6.07) is 0. The van der Waals surface area contributed by atoms with E-state index in [1.54, 1.807) is 5.06 Å². The standard InChI is InChI=1S/C16H28N2O2.ClH/c1-4-20-18(15(19)11-17(2)3)16-8-12-5-13(9-16)7-14(6-12)10-16;/h12-14H,4-11H2,1-3H3;1H. The van der Waals surface area contributed by atoms with Crippen molar-refractivity contribution >= 4 is 18.3 Å². The van der Waals surface area contributed by atoms with Crippen molar-refractivity contribution in [2.24, 2.45) is 17.8 Å². The van der Waals surface area contributed by atoms with E-state index in [0.717, 1.165) is 17.8 Å². The lowest BCUT2D eigenvalue weighted by molar-refractivity contribution is -0.251. The largest absolute Gasteiger partial charge is 0.301 e. The van der Waals surface area contributed by atoms with Gasteiger partial charge in [-0.1, -0.05) is 0 Å². The van der Waals surface area contributed by atoms with E-state index in [1.807, 2.05) is 25.9 Å². The minimum absolute atomic E-state index is 0. The number of hydrogen-bond donors (Lipinski definition) is 0. The highest BCUT2D eigenvalue weighted by Gasteiger charge is 2.55. The second-order valence-corrected chi connectivity index (χ2v) is 7.49. The molecule has 1 amide bonds. The Balaban J connectivity index is 0.00000161. The second-order valence-electron chi connectivity index (χ2n) is 7.49. The molecule has 4 aliphatic carbocycles. The topological polar surface area (TPSA) is 32.8 Å². The average molecular weight is 317 g/mol. The first kappa shape index (κ1) is 17.0. The van der Waals surface area contributed by atoms with Gasteiger partial charge in [0.05, 0.1) is 18.7 Å². The van der Waals surface area contributed by atoms with Gasteiger partial charge in [-0.2, -0.15) is 0 Å². The molecule has 0 saturated heterocycles. The van der Waals surface area contributed by atoms with Gasteiger partial charge in [0.15, 0.2) is 0 Å². The van der Waals surface area contributed by atoms with Crippen molar-refractivity contribution in [3.63, 3.8) is 0 Å². The van der Waals surface area contributed by atoms with Crippen LogP contribution in [0.15, 0.2) is 0 Å². The van der Waals surface area contributed by atoms with Crippen molar-refractivity contribution in [1.29, 1.82) is 0 Å². The molecule has 0 atom stereocenters. The molecule has 0 aromatic carbocycles. The Hall–Kier alpha value is -0.320. The molecule has 0 heterocycles. The van der Waals surface area contributed by atoms with Crippen molar-refractivity contribution in [3.05, 3.63) is 0 Å². The summed E-state index contributed by atoms with van der Waals surface area (Å²) < 4.78 is 0. The zero-order valence-electron chi connectivity index (χ0n) is 13.5. The lowest BCUT2D eigenvalue weighted by Gasteiger charge is -2.59. The molecule has 122 valence electrons. The van der Waals surface area contributed by atoms with Gasteiger partial charge in [-0.25, -0.2) is 5.06 Å². The molecule has 21 heavy (non-hydrogen) atoms. The molecule has 4 saturated carbocycles. The van der Waals surface area contributed by atoms with Gasteiger partial charge in [0.2, 0.25) is 0 Å². The van der Waals surface area contributed by atoms with Gasteiger partial charge in [-0.3, -0.25) is 9.63 Å². The van der Waals surface area contributed by atoms with Crippen LogP contribution in [0.2, 0.25) is 0 Å². The predicted molar refractivity (Wildman–Crippen MR) is 85.2 cm³/mol. The van der Waals surface area contributed by atoms with Gasteiger partial charge in [0, 0.05) is 0 Å². The van der Waals surface area contributed by atoms with Gasteiger partial charge in [-0.15, -0.1) is 12.4 Å². The van der Waals surface area contributed by atoms with E-state index in [-0.39, 0.29) is 23.9 Å². The quantitative estimate of drug-likeness (QED) is 0.731. The summed E-state index contributed by atoms with van der Waals surface area (Å²) in [7, 11) is 3.89. The van der Waals surface area contributed by atoms with Gasteiger partial charge in [0.1, 0.15) is 0 Å². The highest BCUT2D eigenvalue weighted by Crippen LogP contribution is 2.57. The molecule has 4 fully saturated rings. The van der Waals surface area contributed by atoms with Gasteiger partial charge >= 0.3 is 0 Å². The number of carbonyl (C=O) groups is 1. The van der Waals surface area contributed by atoms with E-state index in [4.69, 9.17) is 4.84 Å². The van der Waals surface area contributed by atoms with E-state index < -0.39 is 0 Å². The molecular weight excluding hydrogens is 288 g/mol. The first-order valence-corrected chi connectivity index (χ1v) is 8.13. The lowest BCUT2D eigenvalue weighted by Crippen LogP contribution is -2.62. The van der Waals surface area contributed by atoms with Crippen molar-refractivity contribution in [1.82, 2.24) is 9.96 Å². The molecule has 4 nitrogen and oxygen atoms in total. The Labute approximate surface area is 134 Å². The smallest absolute Gasteiger partial charge is 0.260 e. The Morgan fingerprint density at radius 1 is 1.10 bits per heavy atom. The SMILES string of the molecule is CCON(C(=O)CN(C)C)C12CC3CC(CC(C3)C1)C2.Cl. The molecule has 0 aliphatic heterocycles. The minimum Gasteiger partial charge on any atom is -0.301 e. The molecule has 0 unspecified atom stereocenters. The van der Waals surface area contributed by atoms with E-state index >= 15 is 0 Å². The monoisotopic (exact) mass is 316 g/mol. The van der Waals surface area contributed by atoms with E-state index in [2.05, 4.69) is 0 Å². The van der Waals surface area contributed by atoms with E-state index in [0.29, 0.717) is 13.2 Å². The third kappa shape index (κ3) is 3.22. The van der Waals surface area contributed by atoms with Gasteiger partial charge < -0.3 is 4.90 Å². The summed E-state index contributed by atoms with van der Waals surface area (Å²) in [5.74, 6) is 2.63. The third-order valence-corrected chi connectivity index (χ3v) is 5.37. The van der Waals surface area contributed by atoms with Crippen LogP contribution in [0.5, 0.6) is 0 Å². The van der Waals surface area contributed by atoms with Crippen LogP contribution in [0.4, 0.5) is 0 Å². The third-order valence-electron chi connectivity index (χ3n) is 5.37. The molecule has 0 radical (unpaired) electrons. The highest BCUT2D eigenvalue weighted by atomic mass is 35.5. The van der Waals surface area contributed by atoms with Crippen LogP contribution < -0.4 is 0 Å². The van der Waals surface area contributed by atoms with Crippen LogP contribution in [0, 0.1) is 17.8 Å². The molecule has 4 rings (SSSR count). The number of likely N-dealkylation sites (N-methyl/N-ethyl adjacent to an activating group) is 1. The first-order chi connectivity index (χ1) is 9.52. The van der Waals surface area contributed by atoms with Crippen molar-refractivity contribution < 1.29 is 9.63 Å². The number of rotatable bonds is 5. The summed E-state index contributed by atoms with van der Waals surface area (Å²) in [5.41, 5.74) is 0.0118. The maximum Gasteiger partial charge on any atom is 0.260 e. The number of nitrogens with zero attached hydrogens (tertiary/aromatic N) is 2. The maximum atomic E-state index is 12.6. The molecule has 0 aromatic heterocycles. The second kappa shape index (κ2) is 6.43. The normalized spacial score (nSPS) is 36.7. The van der Waals surface area contributed by atoms with Crippen LogP contribution in [0.3, 0.4) is 0 Å². The number of amides is 1. The Bertz CT molecular complexity index is 351. The highest BCUT2D eigenvalue weighted by molar-refractivity contribution is 5.85. The number of hydrogen-bond acceptors (Lipinski definition) is 3. The number of carbonyl (C=O) groups excluding carboxylic acids is 1. The summed E-state index contributed by atoms with van der Waals surface area (Å²) in [4.78, 5) is 20.4. The van der Waals surface area contributed by atoms with Crippen LogP contribution in [-0.2, 0) is 9.63 Å². The molecular formula is C16H29ClN2O2. The molecule has 0 spiro atoms. The predicted octanol–water partition coefficient (Wildman–Crippen LogP) is 2.72. The zero-order valence-corrected chi connectivity index (χ0v) is 14.3. The summed E-state index contributed by atoms with van der Waals surface area (Å²) in [6.45, 7) is 3.01. The summed E-state index contributed by atoms with van der Waals surface area (Å²) >= 11 is 0. The minimum atomic E-state index is 0. The fourth-order valence-corrected chi connectivity index (χ4v) is 5.25. The Kier molecular flexibility index (Phi) is 5.22. The van der Waals surface area contributed by atoms with Crippen LogP contribution in [0.1, 0.15) is 45.4 Å². The van der Waals surface area contributed by atoms with E-state index in [9.17, 15) is 4.79 Å². The summed E-state index contributed by atoms with van der Waals surface area (Å²) in [5, 5.41) is 1.80. The summed E-state index contributed by atoms with van der Waals surface area (Å²) in [6.07, 6.45) is 7.66. The molecule has 4 bridgehead atoms. The van der Waals surface area contributed by atoms with Gasteiger partial charge in [-0.05, 0) is 77.3 Å². The molecule has 0 aromatic rings. The fraction of sp³-hybridized carbons (Fsp3) is 0.938. The Morgan fingerprint density at radius 2 is 1.57 bits per heavy atom. The van der Waals surface area contributed by atoms with Crippen LogP contribution in [-0.4, -0.2) is 48.7 Å². The lowest BCUT2D eigenvalue weighted by atomic mass is 9.53. The molecule has 0 N–H and O–H groups in total. The van der Waals surface area contributed by atoms with Gasteiger partial charge in [0.25, 0.3) is 5.91 Å². The van der Waals surface area contributed by atoms with Crippen molar-refractivity contribution in [2.45, 2.75) is 51.0 Å². The average Bonchev–Trinajstić information content (AvgIpc) is 2.32. The van der Waals surface area contributed by atoms with Crippen LogP contribution >= 0.6 is 12.4 Å². The number of hydroxylamine groups is 2. The number of halogens is 1.